The Bertz CT molecular complexity index is 916. The van der Waals surface area contributed by atoms with Crippen LogP contribution in [0.4, 0.5) is 5.69 Å². The van der Waals surface area contributed by atoms with Crippen molar-refractivity contribution in [2.24, 2.45) is 0 Å². The fourth-order valence-electron chi connectivity index (χ4n) is 2.11. The molecule has 0 atom stereocenters. The largest absolute Gasteiger partial charge is 0.486 e. The Balaban J connectivity index is 1.62. The predicted octanol–water partition coefficient (Wildman–Crippen LogP) is 4.56. The number of ether oxygens (including phenoxy) is 2. The molecule has 0 spiro atoms. The lowest BCUT2D eigenvalue weighted by Crippen LogP contribution is -2.13. The van der Waals surface area contributed by atoms with Crippen molar-refractivity contribution in [3.05, 3.63) is 67.8 Å². The van der Waals surface area contributed by atoms with Crippen LogP contribution in [0.5, 0.6) is 5.75 Å². The number of rotatable bonds is 6. The summed E-state index contributed by atoms with van der Waals surface area (Å²) in [6, 6.07) is 12.5. The van der Waals surface area contributed by atoms with Gasteiger partial charge in [0.1, 0.15) is 23.0 Å². The standard InChI is InChI=1S/C18H14INO5S/c1-23-18(22)16-14(8-9-26-16)20-17(21)15-7-6-13(25-15)10-24-12-4-2-11(19)3-5-12/h2-9H,10H2,1H3,(H,20,21). The van der Waals surface area contributed by atoms with Gasteiger partial charge in [-0.2, -0.15) is 0 Å². The van der Waals surface area contributed by atoms with Crippen molar-refractivity contribution >= 4 is 51.5 Å². The number of thiophene rings is 1. The third kappa shape index (κ3) is 4.44. The Hall–Kier alpha value is -2.33. The summed E-state index contributed by atoms with van der Waals surface area (Å²) in [4.78, 5) is 24.3. The zero-order valence-corrected chi connectivity index (χ0v) is 16.6. The van der Waals surface area contributed by atoms with Gasteiger partial charge in [-0.05, 0) is 70.4 Å². The first-order valence-corrected chi connectivity index (χ1v) is 9.47. The maximum absolute atomic E-state index is 12.3. The molecule has 3 rings (SSSR count). The second-order valence-corrected chi connectivity index (χ2v) is 7.28. The molecule has 0 aliphatic rings. The first kappa shape index (κ1) is 18.5. The summed E-state index contributed by atoms with van der Waals surface area (Å²) in [7, 11) is 1.29. The maximum atomic E-state index is 12.3. The number of amides is 1. The second kappa shape index (κ2) is 8.37. The van der Waals surface area contributed by atoms with Gasteiger partial charge < -0.3 is 19.2 Å². The molecule has 1 N–H and O–H groups in total. The van der Waals surface area contributed by atoms with E-state index in [9.17, 15) is 9.59 Å². The summed E-state index contributed by atoms with van der Waals surface area (Å²) in [5, 5.41) is 4.35. The van der Waals surface area contributed by atoms with E-state index in [1.54, 1.807) is 23.6 Å². The van der Waals surface area contributed by atoms with Crippen LogP contribution in [0.1, 0.15) is 26.0 Å². The number of anilines is 1. The van der Waals surface area contributed by atoms with Gasteiger partial charge >= 0.3 is 5.97 Å². The monoisotopic (exact) mass is 483 g/mol. The topological polar surface area (TPSA) is 77.8 Å². The molecule has 26 heavy (non-hydrogen) atoms. The van der Waals surface area contributed by atoms with Gasteiger partial charge in [0.15, 0.2) is 5.76 Å². The van der Waals surface area contributed by atoms with Gasteiger partial charge in [0.2, 0.25) is 0 Å². The van der Waals surface area contributed by atoms with E-state index in [1.165, 1.54) is 18.4 Å². The van der Waals surface area contributed by atoms with E-state index in [0.29, 0.717) is 22.1 Å². The number of methoxy groups -OCH3 is 1. The highest BCUT2D eigenvalue weighted by Crippen LogP contribution is 2.24. The van der Waals surface area contributed by atoms with Crippen LogP contribution in [0, 0.1) is 3.57 Å². The molecule has 2 heterocycles. The van der Waals surface area contributed by atoms with Crippen molar-refractivity contribution in [2.45, 2.75) is 6.61 Å². The zero-order chi connectivity index (χ0) is 18.5. The van der Waals surface area contributed by atoms with Crippen LogP contribution < -0.4 is 10.1 Å². The van der Waals surface area contributed by atoms with Crippen LogP contribution in [0.15, 0.2) is 52.3 Å². The molecule has 6 nitrogen and oxygen atoms in total. The molecule has 1 aromatic carbocycles. The van der Waals surface area contributed by atoms with Crippen LogP contribution >= 0.6 is 33.9 Å². The number of carbonyl (C=O) groups excluding carboxylic acids is 2. The molecule has 1 amide bonds. The van der Waals surface area contributed by atoms with Gasteiger partial charge in [0, 0.05) is 3.57 Å². The molecular formula is C18H14INO5S. The number of furan rings is 1. The van der Waals surface area contributed by atoms with Crippen molar-refractivity contribution in [3.8, 4) is 5.75 Å². The summed E-state index contributed by atoms with van der Waals surface area (Å²) in [5.41, 5.74) is 0.389. The van der Waals surface area contributed by atoms with E-state index in [2.05, 4.69) is 32.6 Å². The highest BCUT2D eigenvalue weighted by atomic mass is 127. The van der Waals surface area contributed by atoms with Gasteiger partial charge in [0.25, 0.3) is 5.91 Å². The average Bonchev–Trinajstić information content (AvgIpc) is 3.30. The minimum Gasteiger partial charge on any atom is -0.486 e. The predicted molar refractivity (Wildman–Crippen MR) is 106 cm³/mol. The van der Waals surface area contributed by atoms with Crippen LogP contribution in [-0.4, -0.2) is 19.0 Å². The van der Waals surface area contributed by atoms with E-state index in [4.69, 9.17) is 9.15 Å². The average molecular weight is 483 g/mol. The van der Waals surface area contributed by atoms with Crippen LogP contribution in [0.3, 0.4) is 0 Å². The molecule has 0 saturated heterocycles. The molecule has 2 aromatic heterocycles. The van der Waals surface area contributed by atoms with Crippen LogP contribution in [0.2, 0.25) is 0 Å². The fourth-order valence-corrected chi connectivity index (χ4v) is 3.23. The van der Waals surface area contributed by atoms with E-state index >= 15 is 0 Å². The summed E-state index contributed by atoms with van der Waals surface area (Å²) in [6.07, 6.45) is 0. The highest BCUT2D eigenvalue weighted by molar-refractivity contribution is 14.1. The Morgan fingerprint density at radius 3 is 2.65 bits per heavy atom. The lowest BCUT2D eigenvalue weighted by Gasteiger charge is -2.05. The minimum atomic E-state index is -0.499. The molecule has 0 fully saturated rings. The number of hydrogen-bond donors (Lipinski definition) is 1. The number of carbonyl (C=O) groups is 2. The fraction of sp³-hybridized carbons (Fsp3) is 0.111. The number of hydrogen-bond acceptors (Lipinski definition) is 6. The molecule has 3 aromatic rings. The smallest absolute Gasteiger partial charge is 0.350 e. The lowest BCUT2D eigenvalue weighted by molar-refractivity contribution is 0.0607. The second-order valence-electron chi connectivity index (χ2n) is 5.12. The van der Waals surface area contributed by atoms with Crippen molar-refractivity contribution < 1.29 is 23.5 Å². The van der Waals surface area contributed by atoms with Crippen LogP contribution in [0.25, 0.3) is 0 Å². The third-order valence-electron chi connectivity index (χ3n) is 3.36. The molecule has 0 aliphatic heterocycles. The van der Waals surface area contributed by atoms with Gasteiger partial charge in [-0.15, -0.1) is 11.3 Å². The number of halogens is 1. The third-order valence-corrected chi connectivity index (χ3v) is 4.98. The van der Waals surface area contributed by atoms with E-state index in [-0.39, 0.29) is 12.4 Å². The number of esters is 1. The lowest BCUT2D eigenvalue weighted by atomic mass is 10.3. The number of nitrogens with one attached hydrogen (secondary N) is 1. The molecule has 0 bridgehead atoms. The SMILES string of the molecule is COC(=O)c1sccc1NC(=O)c1ccc(COc2ccc(I)cc2)o1. The number of benzene rings is 1. The highest BCUT2D eigenvalue weighted by Gasteiger charge is 2.18. The van der Waals surface area contributed by atoms with Crippen molar-refractivity contribution in [1.82, 2.24) is 0 Å². The summed E-state index contributed by atoms with van der Waals surface area (Å²) in [5.74, 6) is 0.421. The summed E-state index contributed by atoms with van der Waals surface area (Å²) >= 11 is 3.41. The molecule has 0 unspecified atom stereocenters. The van der Waals surface area contributed by atoms with Gasteiger partial charge in [-0.1, -0.05) is 0 Å². The van der Waals surface area contributed by atoms with Crippen molar-refractivity contribution in [2.75, 3.05) is 12.4 Å². The Labute approximate surface area is 167 Å². The summed E-state index contributed by atoms with van der Waals surface area (Å²) < 4.78 is 16.9. The van der Waals surface area contributed by atoms with Gasteiger partial charge in [-0.25, -0.2) is 4.79 Å². The molecular weight excluding hydrogens is 469 g/mol. The molecule has 0 aliphatic carbocycles. The normalized spacial score (nSPS) is 10.4. The van der Waals surface area contributed by atoms with E-state index < -0.39 is 11.9 Å². The van der Waals surface area contributed by atoms with Crippen molar-refractivity contribution in [3.63, 3.8) is 0 Å². The Morgan fingerprint density at radius 2 is 1.92 bits per heavy atom. The molecule has 0 radical (unpaired) electrons. The van der Waals surface area contributed by atoms with Gasteiger partial charge in [0.05, 0.1) is 12.8 Å². The quantitative estimate of drug-likeness (QED) is 0.411. The molecule has 134 valence electrons. The van der Waals surface area contributed by atoms with Gasteiger partial charge in [-0.3, -0.25) is 4.79 Å². The molecule has 0 saturated carbocycles. The first-order chi connectivity index (χ1) is 12.6. The van der Waals surface area contributed by atoms with E-state index in [1.807, 2.05) is 24.3 Å². The summed E-state index contributed by atoms with van der Waals surface area (Å²) in [6.45, 7) is 0.208. The van der Waals surface area contributed by atoms with Crippen LogP contribution in [-0.2, 0) is 11.3 Å². The van der Waals surface area contributed by atoms with E-state index in [0.717, 1.165) is 3.57 Å². The Morgan fingerprint density at radius 1 is 1.15 bits per heavy atom. The first-order valence-electron chi connectivity index (χ1n) is 7.51. The Kier molecular flexibility index (Phi) is 5.94. The maximum Gasteiger partial charge on any atom is 0.350 e. The zero-order valence-electron chi connectivity index (χ0n) is 13.7. The van der Waals surface area contributed by atoms with Crippen molar-refractivity contribution in [1.29, 1.82) is 0 Å². The molecule has 8 heteroatoms. The minimum absolute atomic E-state index is 0.133.